The number of benzene rings is 1. The van der Waals surface area contributed by atoms with Crippen molar-refractivity contribution < 1.29 is 9.53 Å². The zero-order valence-electron chi connectivity index (χ0n) is 9.13. The van der Waals surface area contributed by atoms with Crippen LogP contribution in [0.1, 0.15) is 29.8 Å². The number of rotatable bonds is 2. The van der Waals surface area contributed by atoms with Gasteiger partial charge in [0, 0.05) is 0 Å². The molecule has 0 saturated heterocycles. The number of aryl methyl sites for hydroxylation is 1. The molecule has 0 atom stereocenters. The second kappa shape index (κ2) is 6.02. The highest BCUT2D eigenvalue weighted by Crippen LogP contribution is 2.18. The summed E-state index contributed by atoms with van der Waals surface area (Å²) in [4.78, 5) is 10.9. The average Bonchev–Trinajstić information content (AvgIpc) is 2.20. The van der Waals surface area contributed by atoms with Crippen molar-refractivity contribution in [1.82, 2.24) is 0 Å². The van der Waals surface area contributed by atoms with E-state index in [0.29, 0.717) is 11.3 Å². The molecule has 3 heteroatoms. The highest BCUT2D eigenvalue weighted by molar-refractivity contribution is 5.95. The Morgan fingerprint density at radius 3 is 2.36 bits per heavy atom. The molecule has 1 rings (SSSR count). The van der Waals surface area contributed by atoms with Crippen molar-refractivity contribution in [1.29, 1.82) is 0 Å². The minimum Gasteiger partial charge on any atom is -0.496 e. The summed E-state index contributed by atoms with van der Waals surface area (Å²) in [6, 6.07) is 5.31. The quantitative estimate of drug-likeness (QED) is 0.785. The number of primary amides is 1. The topological polar surface area (TPSA) is 52.3 Å². The van der Waals surface area contributed by atoms with E-state index in [-0.39, 0.29) is 0 Å². The molecule has 0 aliphatic heterocycles. The summed E-state index contributed by atoms with van der Waals surface area (Å²) < 4.78 is 4.96. The molecule has 0 aliphatic carbocycles. The first-order valence-electron chi connectivity index (χ1n) is 4.59. The van der Waals surface area contributed by atoms with Crippen LogP contribution in [0.3, 0.4) is 0 Å². The van der Waals surface area contributed by atoms with E-state index in [0.717, 1.165) is 5.56 Å². The molecule has 1 aromatic carbocycles. The van der Waals surface area contributed by atoms with Crippen LogP contribution in [-0.2, 0) is 0 Å². The molecular weight excluding hydrogens is 178 g/mol. The van der Waals surface area contributed by atoms with Crippen molar-refractivity contribution in [3.63, 3.8) is 0 Å². The Morgan fingerprint density at radius 1 is 1.36 bits per heavy atom. The zero-order chi connectivity index (χ0) is 11.1. The van der Waals surface area contributed by atoms with Gasteiger partial charge in [0.1, 0.15) is 5.75 Å². The summed E-state index contributed by atoms with van der Waals surface area (Å²) in [6.45, 7) is 5.89. The SMILES string of the molecule is CC.COc1ccc(C)cc1C(N)=O. The van der Waals surface area contributed by atoms with Crippen molar-refractivity contribution >= 4 is 5.91 Å². The highest BCUT2D eigenvalue weighted by atomic mass is 16.5. The van der Waals surface area contributed by atoms with Gasteiger partial charge < -0.3 is 10.5 Å². The van der Waals surface area contributed by atoms with Gasteiger partial charge in [0.25, 0.3) is 5.91 Å². The smallest absolute Gasteiger partial charge is 0.252 e. The number of hydrogen-bond donors (Lipinski definition) is 1. The Labute approximate surface area is 84.9 Å². The Bertz CT molecular complexity index is 308. The van der Waals surface area contributed by atoms with Gasteiger partial charge in [-0.2, -0.15) is 0 Å². The fraction of sp³-hybridized carbons (Fsp3) is 0.364. The van der Waals surface area contributed by atoms with Gasteiger partial charge in [0.15, 0.2) is 0 Å². The van der Waals surface area contributed by atoms with Crippen LogP contribution >= 0.6 is 0 Å². The van der Waals surface area contributed by atoms with Crippen molar-refractivity contribution in [2.75, 3.05) is 7.11 Å². The largest absolute Gasteiger partial charge is 0.496 e. The van der Waals surface area contributed by atoms with Gasteiger partial charge in [-0.25, -0.2) is 0 Å². The lowest BCUT2D eigenvalue weighted by atomic mass is 10.1. The number of amides is 1. The monoisotopic (exact) mass is 195 g/mol. The number of nitrogens with two attached hydrogens (primary N) is 1. The number of hydrogen-bond acceptors (Lipinski definition) is 2. The standard InChI is InChI=1S/C9H11NO2.C2H6/c1-6-3-4-8(12-2)7(5-6)9(10)11;1-2/h3-5H,1-2H3,(H2,10,11);1-2H3. The maximum atomic E-state index is 10.9. The Kier molecular flexibility index (Phi) is 5.37. The van der Waals surface area contributed by atoms with Gasteiger partial charge in [0.05, 0.1) is 12.7 Å². The van der Waals surface area contributed by atoms with Crippen LogP contribution in [-0.4, -0.2) is 13.0 Å². The van der Waals surface area contributed by atoms with E-state index < -0.39 is 5.91 Å². The lowest BCUT2D eigenvalue weighted by Gasteiger charge is -2.05. The van der Waals surface area contributed by atoms with E-state index in [1.54, 1.807) is 12.1 Å². The Balaban J connectivity index is 0.000000791. The van der Waals surface area contributed by atoms with E-state index >= 15 is 0 Å². The van der Waals surface area contributed by atoms with Crippen molar-refractivity contribution in [3.05, 3.63) is 29.3 Å². The first-order chi connectivity index (χ1) is 6.65. The number of carbonyl (C=O) groups is 1. The van der Waals surface area contributed by atoms with E-state index in [1.807, 2.05) is 26.8 Å². The van der Waals surface area contributed by atoms with Gasteiger partial charge in [-0.1, -0.05) is 25.5 Å². The maximum Gasteiger partial charge on any atom is 0.252 e. The van der Waals surface area contributed by atoms with Crippen LogP contribution in [0.4, 0.5) is 0 Å². The summed E-state index contributed by atoms with van der Waals surface area (Å²) in [7, 11) is 1.51. The lowest BCUT2D eigenvalue weighted by molar-refractivity contribution is 0.0997. The summed E-state index contributed by atoms with van der Waals surface area (Å²) in [5.41, 5.74) is 6.56. The minimum absolute atomic E-state index is 0.428. The maximum absolute atomic E-state index is 10.9. The third-order valence-electron chi connectivity index (χ3n) is 1.62. The zero-order valence-corrected chi connectivity index (χ0v) is 9.13. The molecule has 0 heterocycles. The molecule has 2 N–H and O–H groups in total. The minimum atomic E-state index is -0.462. The molecule has 0 saturated carbocycles. The van der Waals surface area contributed by atoms with Crippen molar-refractivity contribution in [2.45, 2.75) is 20.8 Å². The van der Waals surface area contributed by atoms with Gasteiger partial charge >= 0.3 is 0 Å². The molecule has 0 unspecified atom stereocenters. The van der Waals surface area contributed by atoms with Gasteiger partial charge in [-0.05, 0) is 19.1 Å². The average molecular weight is 195 g/mol. The second-order valence-electron chi connectivity index (χ2n) is 2.57. The molecule has 0 bridgehead atoms. The third-order valence-corrected chi connectivity index (χ3v) is 1.62. The highest BCUT2D eigenvalue weighted by Gasteiger charge is 2.07. The van der Waals surface area contributed by atoms with Crippen molar-refractivity contribution in [3.8, 4) is 5.75 Å². The predicted octanol–water partition coefficient (Wildman–Crippen LogP) is 2.13. The molecule has 0 radical (unpaired) electrons. The number of carbonyl (C=O) groups excluding carboxylic acids is 1. The fourth-order valence-electron chi connectivity index (χ4n) is 1.01. The molecule has 0 aromatic heterocycles. The summed E-state index contributed by atoms with van der Waals surface area (Å²) in [6.07, 6.45) is 0. The molecule has 0 fully saturated rings. The summed E-state index contributed by atoms with van der Waals surface area (Å²) >= 11 is 0. The van der Waals surface area contributed by atoms with Crippen LogP contribution in [0, 0.1) is 6.92 Å². The first kappa shape index (κ1) is 12.5. The van der Waals surface area contributed by atoms with E-state index in [1.165, 1.54) is 7.11 Å². The molecule has 14 heavy (non-hydrogen) atoms. The van der Waals surface area contributed by atoms with Crippen LogP contribution in [0.25, 0.3) is 0 Å². The van der Waals surface area contributed by atoms with E-state index in [4.69, 9.17) is 10.5 Å². The molecular formula is C11H17NO2. The van der Waals surface area contributed by atoms with Crippen LogP contribution in [0.2, 0.25) is 0 Å². The molecule has 78 valence electrons. The molecule has 1 amide bonds. The fourth-order valence-corrected chi connectivity index (χ4v) is 1.01. The van der Waals surface area contributed by atoms with Gasteiger partial charge in [-0.15, -0.1) is 0 Å². The summed E-state index contributed by atoms with van der Waals surface area (Å²) in [5.74, 6) is 0.0589. The van der Waals surface area contributed by atoms with Crippen molar-refractivity contribution in [2.24, 2.45) is 5.73 Å². The molecule has 0 spiro atoms. The predicted molar refractivity (Wildman–Crippen MR) is 57.6 cm³/mol. The van der Waals surface area contributed by atoms with Crippen LogP contribution in [0.5, 0.6) is 5.75 Å². The van der Waals surface area contributed by atoms with Gasteiger partial charge in [0.2, 0.25) is 0 Å². The number of ether oxygens (including phenoxy) is 1. The lowest BCUT2D eigenvalue weighted by Crippen LogP contribution is -2.12. The first-order valence-corrected chi connectivity index (χ1v) is 4.59. The Hall–Kier alpha value is -1.51. The molecule has 1 aromatic rings. The van der Waals surface area contributed by atoms with E-state index in [9.17, 15) is 4.79 Å². The summed E-state index contributed by atoms with van der Waals surface area (Å²) in [5, 5.41) is 0. The van der Waals surface area contributed by atoms with Gasteiger partial charge in [-0.3, -0.25) is 4.79 Å². The van der Waals surface area contributed by atoms with E-state index in [2.05, 4.69) is 0 Å². The molecule has 0 aliphatic rings. The molecule has 3 nitrogen and oxygen atoms in total. The Morgan fingerprint density at radius 2 is 1.93 bits per heavy atom. The van der Waals surface area contributed by atoms with Crippen LogP contribution in [0.15, 0.2) is 18.2 Å². The third kappa shape index (κ3) is 3.09. The second-order valence-corrected chi connectivity index (χ2v) is 2.57. The number of methoxy groups -OCH3 is 1. The van der Waals surface area contributed by atoms with Crippen LogP contribution < -0.4 is 10.5 Å². The normalized spacial score (nSPS) is 8.57.